The molecule has 1 aliphatic rings. The van der Waals surface area contributed by atoms with E-state index in [0.717, 1.165) is 6.07 Å². The molecule has 0 bridgehead atoms. The summed E-state index contributed by atoms with van der Waals surface area (Å²) < 4.78 is 40.3. The zero-order valence-electron chi connectivity index (χ0n) is 9.31. The summed E-state index contributed by atoms with van der Waals surface area (Å²) in [6.07, 6.45) is 0.786. The number of alkyl halides is 1. The zero-order chi connectivity index (χ0) is 11.6. The van der Waals surface area contributed by atoms with Gasteiger partial charge in [0, 0.05) is 12.5 Å². The molecule has 1 aromatic carbocycles. The first-order valence-electron chi connectivity index (χ1n) is 5.43. The number of piperidine rings is 1. The van der Waals surface area contributed by atoms with E-state index in [9.17, 15) is 13.2 Å². The summed E-state index contributed by atoms with van der Waals surface area (Å²) in [5, 5.41) is 3.06. The fourth-order valence-electron chi connectivity index (χ4n) is 2.06. The van der Waals surface area contributed by atoms with E-state index in [4.69, 9.17) is 0 Å². The van der Waals surface area contributed by atoms with Gasteiger partial charge < -0.3 is 5.32 Å². The number of nitrogens with one attached hydrogen (secondary N) is 1. The lowest BCUT2D eigenvalue weighted by Gasteiger charge is -2.30. The second kappa shape index (κ2) is 5.74. The van der Waals surface area contributed by atoms with Crippen molar-refractivity contribution >= 4 is 12.4 Å². The van der Waals surface area contributed by atoms with E-state index in [-0.39, 0.29) is 24.4 Å². The van der Waals surface area contributed by atoms with Crippen molar-refractivity contribution in [3.63, 3.8) is 0 Å². The van der Waals surface area contributed by atoms with Gasteiger partial charge in [0.15, 0.2) is 0 Å². The maximum absolute atomic E-state index is 14.2. The summed E-state index contributed by atoms with van der Waals surface area (Å²) in [5.74, 6) is -1.28. The molecule has 0 atom stereocenters. The van der Waals surface area contributed by atoms with E-state index >= 15 is 0 Å². The Labute approximate surface area is 105 Å². The summed E-state index contributed by atoms with van der Waals surface area (Å²) in [6, 6.07) is 3.30. The Hall–Kier alpha value is -0.740. The van der Waals surface area contributed by atoms with Crippen LogP contribution in [-0.2, 0) is 6.42 Å². The number of hydrogen-bond donors (Lipinski definition) is 1. The third kappa shape index (κ3) is 3.61. The van der Waals surface area contributed by atoms with Crippen LogP contribution in [0.15, 0.2) is 18.2 Å². The van der Waals surface area contributed by atoms with Gasteiger partial charge in [-0.1, -0.05) is 6.07 Å². The Kier molecular flexibility index (Phi) is 4.83. The fraction of sp³-hybridized carbons (Fsp3) is 0.500. The fourth-order valence-corrected chi connectivity index (χ4v) is 2.06. The molecular weight excluding hydrogens is 251 g/mol. The molecular formula is C12H15ClF3N. The first kappa shape index (κ1) is 14.3. The van der Waals surface area contributed by atoms with Crippen molar-refractivity contribution in [2.45, 2.75) is 24.9 Å². The standard InChI is InChI=1S/C12H14F3N.ClH/c13-10-2-1-9(11(14)7-10)8-12(15)3-5-16-6-4-12;/h1-2,7,16H,3-6,8H2;1H. The number of rotatable bonds is 2. The molecule has 1 aliphatic heterocycles. The van der Waals surface area contributed by atoms with Crippen LogP contribution in [0.25, 0.3) is 0 Å². The van der Waals surface area contributed by atoms with Gasteiger partial charge in [-0.25, -0.2) is 13.2 Å². The van der Waals surface area contributed by atoms with Crippen LogP contribution in [0.3, 0.4) is 0 Å². The summed E-state index contributed by atoms with van der Waals surface area (Å²) in [5.41, 5.74) is -1.10. The molecule has 0 unspecified atom stereocenters. The Morgan fingerprint density at radius 1 is 1.18 bits per heavy atom. The largest absolute Gasteiger partial charge is 0.316 e. The van der Waals surface area contributed by atoms with Gasteiger partial charge in [0.25, 0.3) is 0 Å². The maximum atomic E-state index is 14.2. The van der Waals surface area contributed by atoms with E-state index in [1.54, 1.807) is 0 Å². The van der Waals surface area contributed by atoms with Crippen molar-refractivity contribution in [2.75, 3.05) is 13.1 Å². The lowest BCUT2D eigenvalue weighted by Crippen LogP contribution is -2.40. The lowest BCUT2D eigenvalue weighted by atomic mass is 9.87. The smallest absolute Gasteiger partial charge is 0.129 e. The Morgan fingerprint density at radius 3 is 2.41 bits per heavy atom. The van der Waals surface area contributed by atoms with Gasteiger partial charge in [-0.05, 0) is 37.6 Å². The van der Waals surface area contributed by atoms with Gasteiger partial charge in [-0.2, -0.15) is 0 Å². The molecule has 0 aromatic heterocycles. The van der Waals surface area contributed by atoms with E-state index in [2.05, 4.69) is 5.32 Å². The molecule has 96 valence electrons. The molecule has 1 fully saturated rings. The van der Waals surface area contributed by atoms with E-state index < -0.39 is 17.3 Å². The van der Waals surface area contributed by atoms with E-state index in [0.29, 0.717) is 25.9 Å². The summed E-state index contributed by atoms with van der Waals surface area (Å²) in [7, 11) is 0. The van der Waals surface area contributed by atoms with Crippen molar-refractivity contribution in [3.8, 4) is 0 Å². The van der Waals surface area contributed by atoms with Gasteiger partial charge in [0.05, 0.1) is 0 Å². The highest BCUT2D eigenvalue weighted by Gasteiger charge is 2.32. The second-order valence-corrected chi connectivity index (χ2v) is 4.31. The molecule has 0 amide bonds. The first-order valence-corrected chi connectivity index (χ1v) is 5.43. The molecule has 1 aromatic rings. The minimum absolute atomic E-state index is 0. The summed E-state index contributed by atoms with van der Waals surface area (Å²) in [4.78, 5) is 0. The van der Waals surface area contributed by atoms with Crippen LogP contribution in [0.1, 0.15) is 18.4 Å². The van der Waals surface area contributed by atoms with Crippen LogP contribution in [-0.4, -0.2) is 18.8 Å². The van der Waals surface area contributed by atoms with Crippen molar-refractivity contribution in [2.24, 2.45) is 0 Å². The average molecular weight is 266 g/mol. The van der Waals surface area contributed by atoms with Crippen molar-refractivity contribution in [3.05, 3.63) is 35.4 Å². The van der Waals surface area contributed by atoms with Crippen LogP contribution in [0.5, 0.6) is 0 Å². The summed E-state index contributed by atoms with van der Waals surface area (Å²) >= 11 is 0. The van der Waals surface area contributed by atoms with Crippen molar-refractivity contribution < 1.29 is 13.2 Å². The average Bonchev–Trinajstić information content (AvgIpc) is 2.23. The highest BCUT2D eigenvalue weighted by Crippen LogP contribution is 2.28. The molecule has 2 rings (SSSR count). The van der Waals surface area contributed by atoms with Crippen LogP contribution < -0.4 is 5.32 Å². The van der Waals surface area contributed by atoms with Gasteiger partial charge in [-0.3, -0.25) is 0 Å². The minimum atomic E-state index is -1.36. The maximum Gasteiger partial charge on any atom is 0.129 e. The zero-order valence-corrected chi connectivity index (χ0v) is 10.1. The second-order valence-electron chi connectivity index (χ2n) is 4.31. The van der Waals surface area contributed by atoms with E-state index in [1.807, 2.05) is 0 Å². The molecule has 0 spiro atoms. The highest BCUT2D eigenvalue weighted by atomic mass is 35.5. The normalized spacial score (nSPS) is 18.5. The molecule has 17 heavy (non-hydrogen) atoms. The van der Waals surface area contributed by atoms with Crippen LogP contribution in [0, 0.1) is 11.6 Å². The molecule has 0 radical (unpaired) electrons. The molecule has 1 saturated heterocycles. The Morgan fingerprint density at radius 2 is 1.82 bits per heavy atom. The molecule has 1 nitrogen and oxygen atoms in total. The molecule has 1 heterocycles. The first-order chi connectivity index (χ1) is 7.59. The third-order valence-corrected chi connectivity index (χ3v) is 3.02. The SMILES string of the molecule is Cl.Fc1ccc(CC2(F)CCNCC2)c(F)c1. The Bertz CT molecular complexity index is 378. The lowest BCUT2D eigenvalue weighted by molar-refractivity contribution is 0.115. The molecule has 1 N–H and O–H groups in total. The highest BCUT2D eigenvalue weighted by molar-refractivity contribution is 5.85. The number of halogens is 4. The predicted octanol–water partition coefficient (Wildman–Crippen LogP) is 3.02. The Balaban J connectivity index is 0.00000144. The van der Waals surface area contributed by atoms with Crippen molar-refractivity contribution in [1.82, 2.24) is 5.32 Å². The monoisotopic (exact) mass is 265 g/mol. The predicted molar refractivity (Wildman–Crippen MR) is 63.3 cm³/mol. The third-order valence-electron chi connectivity index (χ3n) is 3.02. The topological polar surface area (TPSA) is 12.0 Å². The van der Waals surface area contributed by atoms with Crippen LogP contribution in [0.2, 0.25) is 0 Å². The number of benzene rings is 1. The van der Waals surface area contributed by atoms with E-state index in [1.165, 1.54) is 12.1 Å². The molecule has 0 aliphatic carbocycles. The molecule has 5 heteroatoms. The van der Waals surface area contributed by atoms with Crippen LogP contribution in [0.4, 0.5) is 13.2 Å². The van der Waals surface area contributed by atoms with Gasteiger partial charge in [0.2, 0.25) is 0 Å². The van der Waals surface area contributed by atoms with Crippen molar-refractivity contribution in [1.29, 1.82) is 0 Å². The van der Waals surface area contributed by atoms with Gasteiger partial charge in [-0.15, -0.1) is 12.4 Å². The minimum Gasteiger partial charge on any atom is -0.316 e. The molecule has 0 saturated carbocycles. The quantitative estimate of drug-likeness (QED) is 0.867. The van der Waals surface area contributed by atoms with Gasteiger partial charge >= 0.3 is 0 Å². The van der Waals surface area contributed by atoms with Gasteiger partial charge in [0.1, 0.15) is 17.3 Å². The number of hydrogen-bond acceptors (Lipinski definition) is 1. The summed E-state index contributed by atoms with van der Waals surface area (Å²) in [6.45, 7) is 1.22. The van der Waals surface area contributed by atoms with Crippen LogP contribution >= 0.6 is 12.4 Å².